The van der Waals surface area contributed by atoms with Crippen LogP contribution in [-0.4, -0.2) is 35.8 Å². The molecular weight excluding hydrogens is 247 g/mol. The Balaban J connectivity index is 2.50. The highest BCUT2D eigenvalue weighted by Crippen LogP contribution is 2.22. The fourth-order valence-electron chi connectivity index (χ4n) is 1.88. The Bertz CT molecular complexity index is 397. The first-order valence-corrected chi connectivity index (χ1v) is 6.34. The van der Waals surface area contributed by atoms with Gasteiger partial charge in [0.1, 0.15) is 5.83 Å². The molecule has 0 saturated heterocycles. The summed E-state index contributed by atoms with van der Waals surface area (Å²) >= 11 is 0. The second kappa shape index (κ2) is 6.50. The molecule has 0 bridgehead atoms. The van der Waals surface area contributed by atoms with Crippen LogP contribution >= 0.6 is 0 Å². The van der Waals surface area contributed by atoms with E-state index in [1.807, 2.05) is 26.8 Å². The van der Waals surface area contributed by atoms with Crippen LogP contribution in [-0.2, 0) is 9.59 Å². The fraction of sp³-hybridized carbons (Fsp3) is 0.571. The van der Waals surface area contributed by atoms with Crippen LogP contribution in [0.2, 0.25) is 0 Å². The average Bonchev–Trinajstić information content (AvgIpc) is 2.28. The molecule has 0 radical (unpaired) electrons. The molecule has 106 valence electrons. The lowest BCUT2D eigenvalue weighted by molar-refractivity contribution is -0.129. The third-order valence-corrected chi connectivity index (χ3v) is 2.67. The summed E-state index contributed by atoms with van der Waals surface area (Å²) < 4.78 is 13.5. The molecule has 0 saturated carbocycles. The Kier molecular flexibility index (Phi) is 5.27. The Morgan fingerprint density at radius 3 is 2.79 bits per heavy atom. The van der Waals surface area contributed by atoms with E-state index >= 15 is 0 Å². The SMILES string of the molecule is CC(C)(C)NC(=O)CN(C=O)CC1CC=CC=C1F. The zero-order valence-electron chi connectivity index (χ0n) is 11.6. The maximum Gasteiger partial charge on any atom is 0.240 e. The third-order valence-electron chi connectivity index (χ3n) is 2.67. The van der Waals surface area contributed by atoms with Crippen molar-refractivity contribution in [3.8, 4) is 0 Å². The van der Waals surface area contributed by atoms with Gasteiger partial charge < -0.3 is 10.2 Å². The molecule has 0 heterocycles. The number of carbonyl (C=O) groups excluding carboxylic acids is 2. The molecule has 0 aromatic carbocycles. The first kappa shape index (κ1) is 15.4. The molecule has 0 aromatic heterocycles. The van der Waals surface area contributed by atoms with Gasteiger partial charge in [-0.05, 0) is 33.3 Å². The summed E-state index contributed by atoms with van der Waals surface area (Å²) in [5.74, 6) is -0.835. The van der Waals surface area contributed by atoms with E-state index in [4.69, 9.17) is 0 Å². The number of nitrogens with zero attached hydrogens (tertiary/aromatic N) is 1. The molecule has 19 heavy (non-hydrogen) atoms. The fourth-order valence-corrected chi connectivity index (χ4v) is 1.88. The van der Waals surface area contributed by atoms with Crippen molar-refractivity contribution in [3.63, 3.8) is 0 Å². The van der Waals surface area contributed by atoms with Gasteiger partial charge in [-0.25, -0.2) is 4.39 Å². The van der Waals surface area contributed by atoms with Gasteiger partial charge in [0.15, 0.2) is 0 Å². The highest BCUT2D eigenvalue weighted by Gasteiger charge is 2.21. The van der Waals surface area contributed by atoms with Gasteiger partial charge in [-0.15, -0.1) is 0 Å². The number of nitrogens with one attached hydrogen (secondary N) is 1. The van der Waals surface area contributed by atoms with Crippen LogP contribution < -0.4 is 5.32 Å². The lowest BCUT2D eigenvalue weighted by Crippen LogP contribution is -2.46. The number of carbonyl (C=O) groups is 2. The number of allylic oxidation sites excluding steroid dienone is 3. The minimum Gasteiger partial charge on any atom is -0.350 e. The summed E-state index contributed by atoms with van der Waals surface area (Å²) in [5.41, 5.74) is -0.343. The highest BCUT2D eigenvalue weighted by molar-refractivity contribution is 5.80. The van der Waals surface area contributed by atoms with Crippen LogP contribution in [0, 0.1) is 5.92 Å². The van der Waals surface area contributed by atoms with Crippen molar-refractivity contribution in [2.24, 2.45) is 5.92 Å². The zero-order chi connectivity index (χ0) is 14.5. The summed E-state index contributed by atoms with van der Waals surface area (Å²) in [6.07, 6.45) is 6.04. The van der Waals surface area contributed by atoms with Crippen molar-refractivity contribution in [3.05, 3.63) is 24.1 Å². The maximum atomic E-state index is 13.5. The van der Waals surface area contributed by atoms with Gasteiger partial charge >= 0.3 is 0 Å². The second-order valence-corrected chi connectivity index (χ2v) is 5.75. The summed E-state index contributed by atoms with van der Waals surface area (Å²) in [5, 5.41) is 2.77. The molecule has 1 aliphatic carbocycles. The monoisotopic (exact) mass is 268 g/mol. The minimum absolute atomic E-state index is 0.0474. The van der Waals surface area contributed by atoms with Gasteiger partial charge in [-0.3, -0.25) is 9.59 Å². The molecule has 0 aliphatic heterocycles. The second-order valence-electron chi connectivity index (χ2n) is 5.75. The Morgan fingerprint density at radius 1 is 1.58 bits per heavy atom. The van der Waals surface area contributed by atoms with Crippen LogP contribution in [0.3, 0.4) is 0 Å². The molecule has 0 spiro atoms. The molecule has 1 N–H and O–H groups in total. The van der Waals surface area contributed by atoms with Crippen molar-refractivity contribution in [1.29, 1.82) is 0 Å². The largest absolute Gasteiger partial charge is 0.350 e. The molecule has 0 fully saturated rings. The molecule has 0 aromatic rings. The lowest BCUT2D eigenvalue weighted by atomic mass is 9.99. The van der Waals surface area contributed by atoms with Gasteiger partial charge in [0.25, 0.3) is 0 Å². The predicted molar refractivity (Wildman–Crippen MR) is 72.0 cm³/mol. The van der Waals surface area contributed by atoms with Crippen LogP contribution in [0.15, 0.2) is 24.1 Å². The van der Waals surface area contributed by atoms with Gasteiger partial charge in [-0.2, -0.15) is 0 Å². The van der Waals surface area contributed by atoms with Crippen molar-refractivity contribution < 1.29 is 14.0 Å². The summed E-state index contributed by atoms with van der Waals surface area (Å²) in [6.45, 7) is 5.77. The van der Waals surface area contributed by atoms with Gasteiger partial charge in [0.05, 0.1) is 6.54 Å². The molecule has 1 rings (SSSR count). The third kappa shape index (κ3) is 5.68. The van der Waals surface area contributed by atoms with E-state index in [2.05, 4.69) is 5.32 Å². The highest BCUT2D eigenvalue weighted by atomic mass is 19.1. The minimum atomic E-state index is -0.349. The van der Waals surface area contributed by atoms with E-state index in [0.29, 0.717) is 12.8 Å². The van der Waals surface area contributed by atoms with Crippen molar-refractivity contribution in [2.45, 2.75) is 32.7 Å². The normalized spacial score (nSPS) is 18.7. The Labute approximate surface area is 113 Å². The van der Waals surface area contributed by atoms with E-state index in [1.165, 1.54) is 11.0 Å². The number of halogens is 1. The van der Waals surface area contributed by atoms with Gasteiger partial charge in [-0.1, -0.05) is 12.2 Å². The number of hydrogen-bond acceptors (Lipinski definition) is 2. The zero-order valence-corrected chi connectivity index (χ0v) is 11.6. The van der Waals surface area contributed by atoms with E-state index in [-0.39, 0.29) is 36.3 Å². The molecule has 1 unspecified atom stereocenters. The summed E-state index contributed by atoms with van der Waals surface area (Å²) in [7, 11) is 0. The van der Waals surface area contributed by atoms with Crippen LogP contribution in [0.5, 0.6) is 0 Å². The van der Waals surface area contributed by atoms with Gasteiger partial charge in [0, 0.05) is 18.0 Å². The molecule has 2 amide bonds. The number of amides is 2. The molecule has 4 nitrogen and oxygen atoms in total. The van der Waals surface area contributed by atoms with E-state index in [9.17, 15) is 14.0 Å². The van der Waals surface area contributed by atoms with Gasteiger partial charge in [0.2, 0.25) is 12.3 Å². The van der Waals surface area contributed by atoms with Crippen molar-refractivity contribution in [1.82, 2.24) is 10.2 Å². The van der Waals surface area contributed by atoms with E-state index < -0.39 is 0 Å². The molecule has 5 heteroatoms. The van der Waals surface area contributed by atoms with Crippen molar-refractivity contribution >= 4 is 12.3 Å². The summed E-state index contributed by atoms with van der Waals surface area (Å²) in [4.78, 5) is 24.0. The first-order chi connectivity index (χ1) is 8.81. The first-order valence-electron chi connectivity index (χ1n) is 6.34. The Morgan fingerprint density at radius 2 is 2.26 bits per heavy atom. The number of hydrogen-bond donors (Lipinski definition) is 1. The van der Waals surface area contributed by atoms with Crippen LogP contribution in [0.4, 0.5) is 4.39 Å². The summed E-state index contributed by atoms with van der Waals surface area (Å²) in [6, 6.07) is 0. The Hall–Kier alpha value is -1.65. The average molecular weight is 268 g/mol. The van der Waals surface area contributed by atoms with Crippen molar-refractivity contribution in [2.75, 3.05) is 13.1 Å². The van der Waals surface area contributed by atoms with Crippen LogP contribution in [0.25, 0.3) is 0 Å². The van der Waals surface area contributed by atoms with Crippen LogP contribution in [0.1, 0.15) is 27.2 Å². The molecule has 1 atom stereocenters. The topological polar surface area (TPSA) is 49.4 Å². The maximum absolute atomic E-state index is 13.5. The standard InChI is InChI=1S/C14H21FN2O2/c1-14(2,3)16-13(19)9-17(10-18)8-11-6-4-5-7-12(11)15/h4-5,7,10-11H,6,8-9H2,1-3H3,(H,16,19). The number of rotatable bonds is 5. The predicted octanol–water partition coefficient (Wildman–Crippen LogP) is 1.79. The molecule has 1 aliphatic rings. The van der Waals surface area contributed by atoms with E-state index in [1.54, 1.807) is 6.08 Å². The quantitative estimate of drug-likeness (QED) is 0.773. The molecular formula is C14H21FN2O2. The lowest BCUT2D eigenvalue weighted by Gasteiger charge is -2.26. The smallest absolute Gasteiger partial charge is 0.240 e. The van der Waals surface area contributed by atoms with E-state index in [0.717, 1.165) is 0 Å².